The van der Waals surface area contributed by atoms with Crippen molar-refractivity contribution < 1.29 is 9.53 Å². The molecule has 0 aliphatic carbocycles. The topological polar surface area (TPSA) is 26.3 Å². The van der Waals surface area contributed by atoms with Crippen molar-refractivity contribution in [2.45, 2.75) is 6.42 Å². The van der Waals surface area contributed by atoms with Crippen molar-refractivity contribution in [3.8, 4) is 5.75 Å². The molecule has 0 amide bonds. The van der Waals surface area contributed by atoms with Crippen LogP contribution in [0, 0.1) is 0 Å². The Labute approximate surface area is 121 Å². The Morgan fingerprint density at radius 2 is 1.95 bits per heavy atom. The Hall–Kier alpha value is -1.51. The molecule has 0 aromatic heterocycles. The van der Waals surface area contributed by atoms with Crippen LogP contribution in [0.4, 0.5) is 0 Å². The average Bonchev–Trinajstić information content (AvgIpc) is 2.38. The summed E-state index contributed by atoms with van der Waals surface area (Å²) in [6.07, 6.45) is 0.270. The fraction of sp³-hybridized carbons (Fsp3) is 0.133. The summed E-state index contributed by atoms with van der Waals surface area (Å²) < 4.78 is 5.05. The summed E-state index contributed by atoms with van der Waals surface area (Å²) in [4.78, 5) is 12.2. The van der Waals surface area contributed by atoms with E-state index in [0.717, 1.165) is 5.56 Å². The number of methoxy groups -OCH3 is 1. The van der Waals surface area contributed by atoms with Crippen molar-refractivity contribution in [2.24, 2.45) is 0 Å². The molecule has 2 nitrogen and oxygen atoms in total. The molecule has 4 heteroatoms. The summed E-state index contributed by atoms with van der Waals surface area (Å²) in [7, 11) is 1.55. The molecule has 0 atom stereocenters. The molecule has 2 aromatic rings. The summed E-state index contributed by atoms with van der Waals surface area (Å²) in [5.41, 5.74) is 1.35. The number of ketones is 1. The minimum atomic E-state index is -0.0464. The smallest absolute Gasteiger partial charge is 0.168 e. The van der Waals surface area contributed by atoms with Crippen LogP contribution < -0.4 is 4.74 Å². The molecule has 98 valence electrons. The number of hydrogen-bond acceptors (Lipinski definition) is 2. The quantitative estimate of drug-likeness (QED) is 0.780. The first-order chi connectivity index (χ1) is 9.10. The maximum atomic E-state index is 12.2. The lowest BCUT2D eigenvalue weighted by Gasteiger charge is -2.06. The molecule has 0 aliphatic rings. The minimum absolute atomic E-state index is 0.0464. The molecular formula is C15H12Cl2O2. The lowest BCUT2D eigenvalue weighted by atomic mass is 10.0. The van der Waals surface area contributed by atoms with E-state index < -0.39 is 0 Å². The van der Waals surface area contributed by atoms with Crippen molar-refractivity contribution >= 4 is 29.0 Å². The molecule has 0 saturated heterocycles. The predicted molar refractivity (Wildman–Crippen MR) is 77.5 cm³/mol. The highest BCUT2D eigenvalue weighted by Crippen LogP contribution is 2.24. The number of carbonyl (C=O) groups is 1. The van der Waals surface area contributed by atoms with Gasteiger partial charge in [-0.05, 0) is 35.9 Å². The van der Waals surface area contributed by atoms with Gasteiger partial charge in [-0.3, -0.25) is 4.79 Å². The standard InChI is InChI=1S/C15H12Cl2O2/c1-19-12-5-6-13(14(17)9-12)15(18)8-10-3-2-4-11(16)7-10/h2-7,9H,8H2,1H3. The summed E-state index contributed by atoms with van der Waals surface area (Å²) in [6, 6.07) is 12.3. The first kappa shape index (κ1) is 13.9. The van der Waals surface area contributed by atoms with Crippen LogP contribution >= 0.6 is 23.2 Å². The van der Waals surface area contributed by atoms with Crippen LogP contribution in [0.2, 0.25) is 10.0 Å². The van der Waals surface area contributed by atoms with Crippen molar-refractivity contribution in [2.75, 3.05) is 7.11 Å². The predicted octanol–water partition coefficient (Wildman–Crippen LogP) is 4.43. The van der Waals surface area contributed by atoms with Crippen LogP contribution in [0.1, 0.15) is 15.9 Å². The molecule has 0 N–H and O–H groups in total. The van der Waals surface area contributed by atoms with Gasteiger partial charge in [-0.1, -0.05) is 35.3 Å². The van der Waals surface area contributed by atoms with Crippen LogP contribution in [0.5, 0.6) is 5.75 Å². The molecule has 0 bridgehead atoms. The molecule has 0 fully saturated rings. The van der Waals surface area contributed by atoms with Crippen molar-refractivity contribution in [1.82, 2.24) is 0 Å². The zero-order valence-electron chi connectivity index (χ0n) is 10.3. The van der Waals surface area contributed by atoms with Gasteiger partial charge in [0.05, 0.1) is 12.1 Å². The van der Waals surface area contributed by atoms with E-state index in [1.807, 2.05) is 12.1 Å². The molecule has 0 saturated carbocycles. The van der Waals surface area contributed by atoms with Gasteiger partial charge in [-0.2, -0.15) is 0 Å². The van der Waals surface area contributed by atoms with Gasteiger partial charge in [-0.15, -0.1) is 0 Å². The lowest BCUT2D eigenvalue weighted by Crippen LogP contribution is -2.04. The third kappa shape index (κ3) is 3.49. The number of rotatable bonds is 4. The first-order valence-corrected chi connectivity index (χ1v) is 6.47. The van der Waals surface area contributed by atoms with Gasteiger partial charge in [0.15, 0.2) is 5.78 Å². The van der Waals surface area contributed by atoms with E-state index in [1.165, 1.54) is 0 Å². The van der Waals surface area contributed by atoms with Gasteiger partial charge in [0.2, 0.25) is 0 Å². The van der Waals surface area contributed by atoms with Crippen LogP contribution in [-0.4, -0.2) is 12.9 Å². The molecule has 19 heavy (non-hydrogen) atoms. The van der Waals surface area contributed by atoms with Gasteiger partial charge in [-0.25, -0.2) is 0 Å². The van der Waals surface area contributed by atoms with Crippen LogP contribution in [0.25, 0.3) is 0 Å². The molecule has 0 unspecified atom stereocenters. The van der Waals surface area contributed by atoms with Crippen LogP contribution in [0.15, 0.2) is 42.5 Å². The van der Waals surface area contributed by atoms with Crippen LogP contribution in [-0.2, 0) is 6.42 Å². The van der Waals surface area contributed by atoms with E-state index in [0.29, 0.717) is 21.4 Å². The zero-order valence-corrected chi connectivity index (χ0v) is 11.8. The second-order valence-corrected chi connectivity index (χ2v) is 4.92. The van der Waals surface area contributed by atoms with E-state index in [4.69, 9.17) is 27.9 Å². The maximum absolute atomic E-state index is 12.2. The molecule has 0 aliphatic heterocycles. The normalized spacial score (nSPS) is 10.3. The summed E-state index contributed by atoms with van der Waals surface area (Å²) in [6.45, 7) is 0. The van der Waals surface area contributed by atoms with Gasteiger partial charge >= 0.3 is 0 Å². The number of Topliss-reactive ketones (excluding diaryl/α,β-unsaturated/α-hetero) is 1. The second kappa shape index (κ2) is 6.09. The van der Waals surface area contributed by atoms with E-state index in [1.54, 1.807) is 37.4 Å². The fourth-order valence-corrected chi connectivity index (χ4v) is 2.27. The van der Waals surface area contributed by atoms with E-state index in [9.17, 15) is 4.79 Å². The largest absolute Gasteiger partial charge is 0.497 e. The number of halogens is 2. The Morgan fingerprint density at radius 3 is 2.58 bits per heavy atom. The lowest BCUT2D eigenvalue weighted by molar-refractivity contribution is 0.0993. The van der Waals surface area contributed by atoms with E-state index in [-0.39, 0.29) is 12.2 Å². The summed E-state index contributed by atoms with van der Waals surface area (Å²) in [5.74, 6) is 0.583. The van der Waals surface area contributed by atoms with Gasteiger partial charge in [0.1, 0.15) is 5.75 Å². The van der Waals surface area contributed by atoms with Crippen LogP contribution in [0.3, 0.4) is 0 Å². The third-order valence-corrected chi connectivity index (χ3v) is 3.28. The van der Waals surface area contributed by atoms with E-state index >= 15 is 0 Å². The highest BCUT2D eigenvalue weighted by atomic mass is 35.5. The van der Waals surface area contributed by atoms with E-state index in [2.05, 4.69) is 0 Å². The highest BCUT2D eigenvalue weighted by Gasteiger charge is 2.12. The SMILES string of the molecule is COc1ccc(C(=O)Cc2cccc(Cl)c2)c(Cl)c1. The minimum Gasteiger partial charge on any atom is -0.497 e. The van der Waals surface area contributed by atoms with Gasteiger partial charge < -0.3 is 4.74 Å². The number of carbonyl (C=O) groups excluding carboxylic acids is 1. The zero-order chi connectivity index (χ0) is 13.8. The second-order valence-electron chi connectivity index (χ2n) is 4.08. The highest BCUT2D eigenvalue weighted by molar-refractivity contribution is 6.34. The third-order valence-electron chi connectivity index (χ3n) is 2.73. The fourth-order valence-electron chi connectivity index (χ4n) is 1.78. The molecule has 0 heterocycles. The summed E-state index contributed by atoms with van der Waals surface area (Å²) >= 11 is 12.0. The Kier molecular flexibility index (Phi) is 4.46. The van der Waals surface area contributed by atoms with Gasteiger partial charge in [0.25, 0.3) is 0 Å². The monoisotopic (exact) mass is 294 g/mol. The Balaban J connectivity index is 2.20. The number of hydrogen-bond donors (Lipinski definition) is 0. The van der Waals surface area contributed by atoms with Crippen molar-refractivity contribution in [3.63, 3.8) is 0 Å². The molecular weight excluding hydrogens is 283 g/mol. The maximum Gasteiger partial charge on any atom is 0.168 e. The Morgan fingerprint density at radius 1 is 1.16 bits per heavy atom. The molecule has 2 rings (SSSR count). The molecule has 0 radical (unpaired) electrons. The average molecular weight is 295 g/mol. The first-order valence-electron chi connectivity index (χ1n) is 5.71. The number of benzene rings is 2. The number of ether oxygens (including phenoxy) is 1. The molecule has 0 spiro atoms. The Bertz CT molecular complexity index is 609. The van der Waals surface area contributed by atoms with Crippen molar-refractivity contribution in [3.05, 3.63) is 63.6 Å². The van der Waals surface area contributed by atoms with Gasteiger partial charge in [0, 0.05) is 17.0 Å². The molecule has 2 aromatic carbocycles. The van der Waals surface area contributed by atoms with Crippen molar-refractivity contribution in [1.29, 1.82) is 0 Å². The summed E-state index contributed by atoms with van der Waals surface area (Å²) in [5, 5.41) is 1.01.